The van der Waals surface area contributed by atoms with Gasteiger partial charge in [0.25, 0.3) is 0 Å². The molecular weight excluding hydrogens is 685 g/mol. The number of esters is 3. The second-order valence-corrected chi connectivity index (χ2v) is 14.9. The monoisotopic (exact) mass is 769 g/mol. The van der Waals surface area contributed by atoms with Gasteiger partial charge < -0.3 is 14.2 Å². The minimum Gasteiger partial charge on any atom is -0.462 e. The lowest BCUT2D eigenvalue weighted by atomic mass is 10.0. The summed E-state index contributed by atoms with van der Waals surface area (Å²) in [5.41, 5.74) is 0. The number of unbranched alkanes of at least 4 members (excludes halogenated alkanes) is 19. The van der Waals surface area contributed by atoms with Crippen molar-refractivity contribution >= 4 is 17.9 Å². The molecular formula is C49H84O6. The first-order valence-corrected chi connectivity index (χ1v) is 22.8. The average molecular weight is 769 g/mol. The summed E-state index contributed by atoms with van der Waals surface area (Å²) in [6.45, 7) is 6.42. The quantitative estimate of drug-likeness (QED) is 0.0267. The summed E-state index contributed by atoms with van der Waals surface area (Å²) in [6, 6.07) is 0. The Morgan fingerprint density at radius 2 is 0.727 bits per heavy atom. The first kappa shape index (κ1) is 52.1. The smallest absolute Gasteiger partial charge is 0.306 e. The fraction of sp³-hybridized carbons (Fsp3) is 0.735. The Balaban J connectivity index is 4.43. The standard InChI is InChI=1S/C49H84O6/c1-4-7-10-13-16-19-21-23-24-25-26-28-30-33-36-39-42-48(51)54-45-46(44-53-47(50)41-38-35-32-29-18-15-12-9-6-3)55-49(52)43-40-37-34-31-27-22-20-17-14-11-8-5-2/h7,10,16,19,23-24,26,28-29,32,46H,4-6,8-9,11-15,17-18,20-22,25,27,30-31,33-45H2,1-3H3/b10-7-,19-16-,24-23-,28-26-,32-29-. The van der Waals surface area contributed by atoms with Crippen molar-refractivity contribution in [1.29, 1.82) is 0 Å². The van der Waals surface area contributed by atoms with Crippen LogP contribution < -0.4 is 0 Å². The summed E-state index contributed by atoms with van der Waals surface area (Å²) in [5, 5.41) is 0. The van der Waals surface area contributed by atoms with Gasteiger partial charge in [0.15, 0.2) is 6.10 Å². The van der Waals surface area contributed by atoms with Gasteiger partial charge in [0, 0.05) is 19.3 Å². The van der Waals surface area contributed by atoms with Gasteiger partial charge in [-0.2, -0.15) is 0 Å². The third-order valence-electron chi connectivity index (χ3n) is 9.51. The van der Waals surface area contributed by atoms with Crippen LogP contribution in [0.4, 0.5) is 0 Å². The lowest BCUT2D eigenvalue weighted by Gasteiger charge is -2.18. The summed E-state index contributed by atoms with van der Waals surface area (Å²) < 4.78 is 16.6. The third kappa shape index (κ3) is 42.1. The molecule has 6 heteroatoms. The molecule has 0 radical (unpaired) electrons. The molecule has 0 spiro atoms. The molecule has 0 aliphatic carbocycles. The first-order valence-electron chi connectivity index (χ1n) is 22.8. The van der Waals surface area contributed by atoms with Gasteiger partial charge >= 0.3 is 17.9 Å². The van der Waals surface area contributed by atoms with Crippen molar-refractivity contribution in [2.75, 3.05) is 13.2 Å². The SMILES string of the molecule is CC/C=C\C/C=C\C/C=C\C/C=C\CCCCCC(=O)OCC(COC(=O)CCC/C=C\CCCCCC)OC(=O)CCCCCCCCCCCCCC. The van der Waals surface area contributed by atoms with Crippen molar-refractivity contribution in [2.24, 2.45) is 0 Å². The minimum atomic E-state index is -0.793. The van der Waals surface area contributed by atoms with Crippen LogP contribution in [0.5, 0.6) is 0 Å². The molecule has 1 atom stereocenters. The zero-order chi connectivity index (χ0) is 40.1. The van der Waals surface area contributed by atoms with Crippen LogP contribution in [-0.2, 0) is 28.6 Å². The van der Waals surface area contributed by atoms with Crippen molar-refractivity contribution in [3.8, 4) is 0 Å². The van der Waals surface area contributed by atoms with Crippen LogP contribution >= 0.6 is 0 Å². The van der Waals surface area contributed by atoms with Gasteiger partial charge in [-0.3, -0.25) is 14.4 Å². The zero-order valence-corrected chi connectivity index (χ0v) is 35.9. The van der Waals surface area contributed by atoms with E-state index in [4.69, 9.17) is 14.2 Å². The van der Waals surface area contributed by atoms with Gasteiger partial charge in [-0.15, -0.1) is 0 Å². The highest BCUT2D eigenvalue weighted by Crippen LogP contribution is 2.14. The topological polar surface area (TPSA) is 78.9 Å². The van der Waals surface area contributed by atoms with Crippen LogP contribution in [0, 0.1) is 0 Å². The third-order valence-corrected chi connectivity index (χ3v) is 9.51. The summed E-state index contributed by atoms with van der Waals surface area (Å²) in [5.74, 6) is -0.965. The van der Waals surface area contributed by atoms with E-state index in [2.05, 4.69) is 81.5 Å². The van der Waals surface area contributed by atoms with E-state index in [9.17, 15) is 14.4 Å². The highest BCUT2D eigenvalue weighted by molar-refractivity contribution is 5.71. The Hall–Kier alpha value is -2.89. The Morgan fingerprint density at radius 1 is 0.382 bits per heavy atom. The highest BCUT2D eigenvalue weighted by atomic mass is 16.6. The normalized spacial score (nSPS) is 12.6. The first-order chi connectivity index (χ1) is 27.0. The molecule has 6 nitrogen and oxygen atoms in total. The number of carbonyl (C=O) groups excluding carboxylic acids is 3. The molecule has 0 rings (SSSR count). The Morgan fingerprint density at radius 3 is 1.22 bits per heavy atom. The molecule has 0 aromatic carbocycles. The molecule has 55 heavy (non-hydrogen) atoms. The Labute approximate surface area is 339 Å². The number of carbonyl (C=O) groups is 3. The van der Waals surface area contributed by atoms with Crippen molar-refractivity contribution in [3.63, 3.8) is 0 Å². The van der Waals surface area contributed by atoms with Crippen molar-refractivity contribution in [3.05, 3.63) is 60.8 Å². The maximum absolute atomic E-state index is 12.7. The fourth-order valence-corrected chi connectivity index (χ4v) is 6.08. The predicted octanol–water partition coefficient (Wildman–Crippen LogP) is 14.5. The van der Waals surface area contributed by atoms with E-state index in [1.54, 1.807) is 0 Å². The molecule has 1 unspecified atom stereocenters. The fourth-order valence-electron chi connectivity index (χ4n) is 6.08. The molecule has 0 aliphatic rings. The van der Waals surface area contributed by atoms with Crippen LogP contribution in [0.1, 0.15) is 213 Å². The van der Waals surface area contributed by atoms with Crippen molar-refractivity contribution in [2.45, 2.75) is 219 Å². The maximum Gasteiger partial charge on any atom is 0.306 e. The van der Waals surface area contributed by atoms with Gasteiger partial charge in [-0.25, -0.2) is 0 Å². The number of hydrogen-bond donors (Lipinski definition) is 0. The van der Waals surface area contributed by atoms with Gasteiger partial charge in [0.1, 0.15) is 13.2 Å². The maximum atomic E-state index is 12.7. The van der Waals surface area contributed by atoms with Crippen LogP contribution in [0.2, 0.25) is 0 Å². The van der Waals surface area contributed by atoms with E-state index in [0.29, 0.717) is 25.7 Å². The van der Waals surface area contributed by atoms with E-state index in [0.717, 1.165) is 83.5 Å². The molecule has 0 heterocycles. The number of hydrogen-bond acceptors (Lipinski definition) is 6. The minimum absolute atomic E-state index is 0.0982. The van der Waals surface area contributed by atoms with Crippen LogP contribution in [0.25, 0.3) is 0 Å². The zero-order valence-electron chi connectivity index (χ0n) is 35.9. The summed E-state index contributed by atoms with van der Waals surface area (Å²) in [4.78, 5) is 37.6. The number of ether oxygens (including phenoxy) is 3. The largest absolute Gasteiger partial charge is 0.462 e. The molecule has 316 valence electrons. The number of allylic oxidation sites excluding steroid dienone is 10. The lowest BCUT2D eigenvalue weighted by molar-refractivity contribution is -0.167. The van der Waals surface area contributed by atoms with E-state index in [-0.39, 0.29) is 31.1 Å². The van der Waals surface area contributed by atoms with E-state index in [1.807, 2.05) is 0 Å². The van der Waals surface area contributed by atoms with E-state index < -0.39 is 6.10 Å². The second kappa shape index (κ2) is 43.8. The van der Waals surface area contributed by atoms with Crippen LogP contribution in [-0.4, -0.2) is 37.2 Å². The molecule has 0 bridgehead atoms. The van der Waals surface area contributed by atoms with E-state index in [1.165, 1.54) is 83.5 Å². The summed E-state index contributed by atoms with van der Waals surface area (Å²) in [7, 11) is 0. The molecule has 0 aromatic heterocycles. The molecule has 0 amide bonds. The summed E-state index contributed by atoms with van der Waals surface area (Å²) in [6.07, 6.45) is 52.1. The van der Waals surface area contributed by atoms with Crippen LogP contribution in [0.15, 0.2) is 60.8 Å². The van der Waals surface area contributed by atoms with E-state index >= 15 is 0 Å². The van der Waals surface area contributed by atoms with Crippen molar-refractivity contribution < 1.29 is 28.6 Å². The second-order valence-electron chi connectivity index (χ2n) is 14.9. The molecule has 0 saturated heterocycles. The van der Waals surface area contributed by atoms with Crippen LogP contribution in [0.3, 0.4) is 0 Å². The number of rotatable bonds is 40. The predicted molar refractivity (Wildman–Crippen MR) is 233 cm³/mol. The van der Waals surface area contributed by atoms with Gasteiger partial charge in [0.2, 0.25) is 0 Å². The van der Waals surface area contributed by atoms with Gasteiger partial charge in [-0.1, -0.05) is 178 Å². The molecule has 0 saturated carbocycles. The molecule has 0 fully saturated rings. The highest BCUT2D eigenvalue weighted by Gasteiger charge is 2.19. The molecule has 0 aliphatic heterocycles. The van der Waals surface area contributed by atoms with Gasteiger partial charge in [0.05, 0.1) is 0 Å². The van der Waals surface area contributed by atoms with Gasteiger partial charge in [-0.05, 0) is 77.0 Å². The molecule has 0 aromatic rings. The average Bonchev–Trinajstić information content (AvgIpc) is 3.18. The lowest BCUT2D eigenvalue weighted by Crippen LogP contribution is -2.30. The Kier molecular flexibility index (Phi) is 41.5. The summed E-state index contributed by atoms with van der Waals surface area (Å²) >= 11 is 0. The Bertz CT molecular complexity index is 1020. The van der Waals surface area contributed by atoms with Crippen molar-refractivity contribution in [1.82, 2.24) is 0 Å². The molecule has 0 N–H and O–H groups in total.